The molecule has 0 bridgehead atoms. The summed E-state index contributed by atoms with van der Waals surface area (Å²) in [5.74, 6) is -0.705. The summed E-state index contributed by atoms with van der Waals surface area (Å²) in [5.41, 5.74) is 0.320. The van der Waals surface area contributed by atoms with E-state index in [1.165, 1.54) is 0 Å². The van der Waals surface area contributed by atoms with Crippen molar-refractivity contribution in [3.8, 4) is 0 Å². The van der Waals surface area contributed by atoms with Crippen molar-refractivity contribution in [3.63, 3.8) is 0 Å². The lowest BCUT2D eigenvalue weighted by Gasteiger charge is -2.01. The van der Waals surface area contributed by atoms with Crippen LogP contribution in [-0.2, 0) is 9.47 Å². The smallest absolute Gasteiger partial charge is 0.434 e. The number of carbonyl (C=O) groups excluding carboxylic acids is 2. The molecule has 0 aliphatic carbocycles. The molecule has 0 atom stereocenters. The molecule has 74 valence electrons. The minimum absolute atomic E-state index is 0.181. The molecule has 0 heterocycles. The Labute approximate surface area is 81.4 Å². The number of benzene rings is 1. The fourth-order valence-corrected chi connectivity index (χ4v) is 0.856. The van der Waals surface area contributed by atoms with Crippen LogP contribution >= 0.6 is 0 Å². The number of carbonyl (C=O) groups is 2. The molecule has 0 spiro atoms. The van der Waals surface area contributed by atoms with Crippen molar-refractivity contribution in [3.05, 3.63) is 35.9 Å². The van der Waals surface area contributed by atoms with Crippen molar-refractivity contribution in [2.24, 2.45) is 0 Å². The molecule has 1 rings (SSSR count). The van der Waals surface area contributed by atoms with Gasteiger partial charge in [0.2, 0.25) is 0 Å². The van der Waals surface area contributed by atoms with Crippen LogP contribution in [0.2, 0.25) is 0 Å². The Balaban J connectivity index is 2.55. The van der Waals surface area contributed by atoms with Crippen molar-refractivity contribution in [1.29, 1.82) is 0 Å². The van der Waals surface area contributed by atoms with Crippen LogP contribution < -0.4 is 0 Å². The SMILES string of the molecule is CCOC(=O)OC(=O)c1ccccc1. The quantitative estimate of drug-likeness (QED) is 0.533. The summed E-state index contributed by atoms with van der Waals surface area (Å²) in [6.45, 7) is 1.81. The predicted octanol–water partition coefficient (Wildman–Crippen LogP) is 2.00. The van der Waals surface area contributed by atoms with Gasteiger partial charge in [0, 0.05) is 0 Å². The van der Waals surface area contributed by atoms with Gasteiger partial charge in [0.15, 0.2) is 0 Å². The van der Waals surface area contributed by atoms with E-state index in [2.05, 4.69) is 9.47 Å². The molecule has 0 unspecified atom stereocenters. The van der Waals surface area contributed by atoms with E-state index >= 15 is 0 Å². The number of hydrogen-bond acceptors (Lipinski definition) is 4. The summed E-state index contributed by atoms with van der Waals surface area (Å²) < 4.78 is 8.83. The summed E-state index contributed by atoms with van der Waals surface area (Å²) in [7, 11) is 0. The average Bonchev–Trinajstić information content (AvgIpc) is 2.19. The fraction of sp³-hybridized carbons (Fsp3) is 0.200. The summed E-state index contributed by atoms with van der Waals surface area (Å²) >= 11 is 0. The second-order valence-corrected chi connectivity index (χ2v) is 2.44. The highest BCUT2D eigenvalue weighted by molar-refractivity contribution is 5.95. The van der Waals surface area contributed by atoms with Crippen LogP contribution in [0.25, 0.3) is 0 Å². The third-order valence-corrected chi connectivity index (χ3v) is 1.45. The van der Waals surface area contributed by atoms with E-state index in [0.717, 1.165) is 0 Å². The van der Waals surface area contributed by atoms with Gasteiger partial charge >= 0.3 is 12.1 Å². The number of rotatable bonds is 2. The minimum Gasteiger partial charge on any atom is -0.434 e. The summed E-state index contributed by atoms with van der Waals surface area (Å²) in [5, 5.41) is 0. The van der Waals surface area contributed by atoms with E-state index in [1.807, 2.05) is 0 Å². The van der Waals surface area contributed by atoms with Gasteiger partial charge in [-0.2, -0.15) is 0 Å². The van der Waals surface area contributed by atoms with Crippen molar-refractivity contribution in [1.82, 2.24) is 0 Å². The standard InChI is InChI=1S/C10H10O4/c1-2-13-10(12)14-9(11)8-6-4-3-5-7-8/h3-7H,2H2,1H3. The van der Waals surface area contributed by atoms with Gasteiger partial charge in [-0.1, -0.05) is 18.2 Å². The maximum atomic E-state index is 11.2. The predicted molar refractivity (Wildman–Crippen MR) is 48.9 cm³/mol. The lowest BCUT2D eigenvalue weighted by Crippen LogP contribution is -2.13. The Hall–Kier alpha value is -1.84. The molecular formula is C10H10O4. The van der Waals surface area contributed by atoms with Crippen LogP contribution in [0.1, 0.15) is 17.3 Å². The van der Waals surface area contributed by atoms with E-state index in [9.17, 15) is 9.59 Å². The third-order valence-electron chi connectivity index (χ3n) is 1.45. The Bertz CT molecular complexity index is 318. The van der Waals surface area contributed by atoms with Crippen LogP contribution in [0.3, 0.4) is 0 Å². The molecule has 0 fully saturated rings. The molecule has 0 aliphatic heterocycles. The topological polar surface area (TPSA) is 52.6 Å². The maximum absolute atomic E-state index is 11.2. The lowest BCUT2D eigenvalue weighted by atomic mass is 10.2. The van der Waals surface area contributed by atoms with Crippen molar-refractivity contribution < 1.29 is 19.1 Å². The monoisotopic (exact) mass is 194 g/mol. The number of ether oxygens (including phenoxy) is 2. The van der Waals surface area contributed by atoms with Crippen LogP contribution in [0, 0.1) is 0 Å². The first-order valence-corrected chi connectivity index (χ1v) is 4.18. The Morgan fingerprint density at radius 2 is 1.86 bits per heavy atom. The Kier molecular flexibility index (Phi) is 3.67. The van der Waals surface area contributed by atoms with Crippen LogP contribution in [0.15, 0.2) is 30.3 Å². The van der Waals surface area contributed by atoms with Gasteiger partial charge in [-0.25, -0.2) is 9.59 Å². The van der Waals surface area contributed by atoms with E-state index in [1.54, 1.807) is 37.3 Å². The van der Waals surface area contributed by atoms with Gasteiger partial charge in [0.1, 0.15) is 0 Å². The summed E-state index contributed by atoms with van der Waals surface area (Å²) in [4.78, 5) is 22.0. The molecule has 0 aromatic heterocycles. The highest BCUT2D eigenvalue weighted by atomic mass is 16.7. The molecule has 14 heavy (non-hydrogen) atoms. The molecule has 4 heteroatoms. The normalized spacial score (nSPS) is 9.21. The van der Waals surface area contributed by atoms with Crippen molar-refractivity contribution >= 4 is 12.1 Å². The zero-order valence-corrected chi connectivity index (χ0v) is 7.73. The van der Waals surface area contributed by atoms with Crippen LogP contribution in [-0.4, -0.2) is 18.7 Å². The molecule has 0 radical (unpaired) electrons. The third kappa shape index (κ3) is 2.90. The van der Waals surface area contributed by atoms with Gasteiger partial charge in [-0.05, 0) is 19.1 Å². The molecule has 0 amide bonds. The highest BCUT2D eigenvalue weighted by Gasteiger charge is 2.12. The van der Waals surface area contributed by atoms with E-state index in [4.69, 9.17) is 0 Å². The van der Waals surface area contributed by atoms with Crippen LogP contribution in [0.4, 0.5) is 4.79 Å². The molecule has 4 nitrogen and oxygen atoms in total. The molecule has 0 saturated heterocycles. The highest BCUT2D eigenvalue weighted by Crippen LogP contribution is 2.01. The van der Waals surface area contributed by atoms with E-state index < -0.39 is 12.1 Å². The van der Waals surface area contributed by atoms with Crippen LogP contribution in [0.5, 0.6) is 0 Å². The lowest BCUT2D eigenvalue weighted by molar-refractivity contribution is 0.0401. The largest absolute Gasteiger partial charge is 0.516 e. The first-order chi connectivity index (χ1) is 6.74. The van der Waals surface area contributed by atoms with Crippen molar-refractivity contribution in [2.75, 3.05) is 6.61 Å². The second kappa shape index (κ2) is 5.01. The zero-order valence-electron chi connectivity index (χ0n) is 7.73. The second-order valence-electron chi connectivity index (χ2n) is 2.44. The van der Waals surface area contributed by atoms with Gasteiger partial charge in [0.25, 0.3) is 0 Å². The van der Waals surface area contributed by atoms with E-state index in [-0.39, 0.29) is 6.61 Å². The van der Waals surface area contributed by atoms with Gasteiger partial charge in [0.05, 0.1) is 12.2 Å². The van der Waals surface area contributed by atoms with Gasteiger partial charge < -0.3 is 9.47 Å². The molecule has 0 N–H and O–H groups in total. The Morgan fingerprint density at radius 1 is 1.21 bits per heavy atom. The van der Waals surface area contributed by atoms with Gasteiger partial charge in [-0.3, -0.25) is 0 Å². The molecule has 1 aromatic carbocycles. The maximum Gasteiger partial charge on any atom is 0.516 e. The molecule has 0 aliphatic rings. The molecular weight excluding hydrogens is 184 g/mol. The average molecular weight is 194 g/mol. The summed E-state index contributed by atoms with van der Waals surface area (Å²) in [6.07, 6.45) is -0.971. The molecule has 1 aromatic rings. The first kappa shape index (κ1) is 10.2. The van der Waals surface area contributed by atoms with Gasteiger partial charge in [-0.15, -0.1) is 0 Å². The molecule has 0 saturated carbocycles. The van der Waals surface area contributed by atoms with E-state index in [0.29, 0.717) is 5.56 Å². The summed E-state index contributed by atoms with van der Waals surface area (Å²) in [6, 6.07) is 8.24. The first-order valence-electron chi connectivity index (χ1n) is 4.18. The Morgan fingerprint density at radius 3 is 2.43 bits per heavy atom. The number of esters is 1. The van der Waals surface area contributed by atoms with Crippen molar-refractivity contribution in [2.45, 2.75) is 6.92 Å². The fourth-order valence-electron chi connectivity index (χ4n) is 0.856. The zero-order chi connectivity index (χ0) is 10.4. The number of hydrogen-bond donors (Lipinski definition) is 0. The minimum atomic E-state index is -0.971.